The van der Waals surface area contributed by atoms with Crippen molar-refractivity contribution in [2.75, 3.05) is 24.7 Å². The van der Waals surface area contributed by atoms with Crippen molar-refractivity contribution in [3.63, 3.8) is 0 Å². The summed E-state index contributed by atoms with van der Waals surface area (Å²) >= 11 is 6.10. The summed E-state index contributed by atoms with van der Waals surface area (Å²) in [6, 6.07) is 14.6. The minimum Gasteiger partial charge on any atom is -0.465 e. The first-order valence-corrected chi connectivity index (χ1v) is 13.5. The first-order chi connectivity index (χ1) is 18.9. The van der Waals surface area contributed by atoms with Crippen LogP contribution in [-0.2, 0) is 30.3 Å². The highest BCUT2D eigenvalue weighted by atomic mass is 35.5. The zero-order valence-electron chi connectivity index (χ0n) is 21.2. The number of fused-ring (bicyclic) bond motifs is 2. The van der Waals surface area contributed by atoms with Crippen LogP contribution in [0.2, 0.25) is 5.02 Å². The van der Waals surface area contributed by atoms with Gasteiger partial charge in [0.1, 0.15) is 17.6 Å². The van der Waals surface area contributed by atoms with Crippen molar-refractivity contribution >= 4 is 35.1 Å². The molecule has 0 aromatic heterocycles. The summed E-state index contributed by atoms with van der Waals surface area (Å²) in [6.45, 7) is 0.0945. The summed E-state index contributed by atoms with van der Waals surface area (Å²) in [5.74, 6) is -3.14. The quantitative estimate of drug-likeness (QED) is 0.456. The second-order valence-corrected chi connectivity index (χ2v) is 10.8. The molecule has 2 aromatic carbocycles. The van der Waals surface area contributed by atoms with Crippen molar-refractivity contribution in [3.05, 3.63) is 89.5 Å². The molecule has 2 aromatic rings. The van der Waals surface area contributed by atoms with Crippen LogP contribution in [0, 0.1) is 11.8 Å². The molecule has 8 nitrogen and oxygen atoms in total. The molecule has 6 atom stereocenters. The van der Waals surface area contributed by atoms with Crippen LogP contribution in [0.3, 0.4) is 0 Å². The van der Waals surface area contributed by atoms with Gasteiger partial charge in [0.25, 0.3) is 5.91 Å². The van der Waals surface area contributed by atoms with Gasteiger partial charge in [0.15, 0.2) is 0 Å². The summed E-state index contributed by atoms with van der Waals surface area (Å²) in [4.78, 5) is 45.1. The van der Waals surface area contributed by atoms with Crippen LogP contribution >= 0.6 is 11.6 Å². The topological polar surface area (TPSA) is 96.4 Å². The molecule has 39 heavy (non-hydrogen) atoms. The summed E-state index contributed by atoms with van der Waals surface area (Å²) < 4.78 is 12.1. The Bertz CT molecular complexity index is 1330. The van der Waals surface area contributed by atoms with Crippen molar-refractivity contribution in [2.24, 2.45) is 11.8 Å². The lowest BCUT2D eigenvalue weighted by Gasteiger charge is -2.38. The Hall–Kier alpha value is -3.46. The van der Waals surface area contributed by atoms with Crippen LogP contribution in [0.25, 0.3) is 0 Å². The molecule has 0 saturated carbocycles. The minimum atomic E-state index is -1.40. The van der Waals surface area contributed by atoms with E-state index in [1.807, 2.05) is 42.5 Å². The number of amides is 2. The van der Waals surface area contributed by atoms with Gasteiger partial charge in [0, 0.05) is 17.3 Å². The van der Waals surface area contributed by atoms with Gasteiger partial charge in [-0.25, -0.2) is 0 Å². The molecule has 1 N–H and O–H groups in total. The number of likely N-dealkylation sites (tertiary alicyclic amines) is 1. The number of rotatable bonds is 5. The number of carbonyl (C=O) groups is 3. The summed E-state index contributed by atoms with van der Waals surface area (Å²) in [7, 11) is 0. The van der Waals surface area contributed by atoms with Gasteiger partial charge in [-0.2, -0.15) is 0 Å². The van der Waals surface area contributed by atoms with Gasteiger partial charge in [-0.15, -0.1) is 0 Å². The molecular formula is C30H29ClN2O6. The van der Waals surface area contributed by atoms with Gasteiger partial charge in [0.05, 0.1) is 31.3 Å². The minimum absolute atomic E-state index is 0.214. The van der Waals surface area contributed by atoms with Gasteiger partial charge in [-0.1, -0.05) is 66.2 Å². The SMILES string of the molecule is O=C1OCCC=C[C@H]2O[C@]34C=CCN(c5ccc(Cl)cc5)C(=O)C3N([C@@H](CO)Cc3ccccc3)C(=O)[C@@H]4[C@@H]12. The fraction of sp³-hybridized carbons (Fsp3) is 0.367. The van der Waals surface area contributed by atoms with Crippen LogP contribution in [-0.4, -0.2) is 71.3 Å². The molecule has 1 unspecified atom stereocenters. The van der Waals surface area contributed by atoms with Crippen molar-refractivity contribution in [3.8, 4) is 0 Å². The Kier molecular flexibility index (Phi) is 6.79. The average molecular weight is 549 g/mol. The van der Waals surface area contributed by atoms with Gasteiger partial charge in [-0.3, -0.25) is 14.4 Å². The number of halogens is 1. The molecule has 9 heteroatoms. The predicted molar refractivity (Wildman–Crippen MR) is 144 cm³/mol. The monoisotopic (exact) mass is 548 g/mol. The van der Waals surface area contributed by atoms with E-state index in [0.29, 0.717) is 23.6 Å². The molecule has 0 bridgehead atoms. The average Bonchev–Trinajstić information content (AvgIpc) is 3.32. The summed E-state index contributed by atoms with van der Waals surface area (Å²) in [6.07, 6.45) is 7.44. The van der Waals surface area contributed by atoms with Crippen LogP contribution in [0.15, 0.2) is 78.9 Å². The Morgan fingerprint density at radius 3 is 2.54 bits per heavy atom. The van der Waals surface area contributed by atoms with Gasteiger partial charge in [-0.05, 0) is 42.7 Å². The maximum atomic E-state index is 14.5. The van der Waals surface area contributed by atoms with E-state index in [9.17, 15) is 19.5 Å². The highest BCUT2D eigenvalue weighted by molar-refractivity contribution is 6.30. The van der Waals surface area contributed by atoms with Gasteiger partial charge >= 0.3 is 5.97 Å². The molecule has 4 aliphatic heterocycles. The van der Waals surface area contributed by atoms with E-state index >= 15 is 0 Å². The number of nitrogens with zero attached hydrogens (tertiary/aromatic N) is 2. The maximum Gasteiger partial charge on any atom is 0.312 e. The first-order valence-electron chi connectivity index (χ1n) is 13.2. The van der Waals surface area contributed by atoms with Crippen LogP contribution in [0.5, 0.6) is 0 Å². The molecule has 0 radical (unpaired) electrons. The van der Waals surface area contributed by atoms with Crippen LogP contribution < -0.4 is 4.90 Å². The number of hydrogen-bond acceptors (Lipinski definition) is 6. The molecular weight excluding hydrogens is 520 g/mol. The Morgan fingerprint density at radius 1 is 1.03 bits per heavy atom. The Labute approximate surface area is 231 Å². The van der Waals surface area contributed by atoms with Crippen molar-refractivity contribution in [2.45, 2.75) is 36.6 Å². The molecule has 4 heterocycles. The largest absolute Gasteiger partial charge is 0.465 e. The molecule has 2 amide bonds. The van der Waals surface area contributed by atoms with E-state index < -0.39 is 47.5 Å². The number of aliphatic hydroxyl groups excluding tert-OH is 1. The van der Waals surface area contributed by atoms with E-state index in [2.05, 4.69) is 0 Å². The lowest BCUT2D eigenvalue weighted by Crippen LogP contribution is -2.58. The maximum absolute atomic E-state index is 14.5. The number of benzene rings is 2. The number of aliphatic hydroxyl groups is 1. The second-order valence-electron chi connectivity index (χ2n) is 10.3. The summed E-state index contributed by atoms with van der Waals surface area (Å²) in [5.41, 5.74) is 0.130. The van der Waals surface area contributed by atoms with Crippen LogP contribution in [0.1, 0.15) is 12.0 Å². The van der Waals surface area contributed by atoms with Crippen molar-refractivity contribution < 1.29 is 29.0 Å². The van der Waals surface area contributed by atoms with Gasteiger partial charge in [0.2, 0.25) is 5.91 Å². The van der Waals surface area contributed by atoms with Gasteiger partial charge < -0.3 is 24.4 Å². The fourth-order valence-corrected chi connectivity index (χ4v) is 6.56. The van der Waals surface area contributed by atoms with Crippen molar-refractivity contribution in [1.82, 2.24) is 4.90 Å². The number of ether oxygens (including phenoxy) is 2. The predicted octanol–water partition coefficient (Wildman–Crippen LogP) is 2.93. The van der Waals surface area contributed by atoms with E-state index in [1.165, 1.54) is 4.90 Å². The van der Waals surface area contributed by atoms with Crippen molar-refractivity contribution in [1.29, 1.82) is 0 Å². The normalized spacial score (nSPS) is 30.7. The van der Waals surface area contributed by atoms with E-state index in [1.54, 1.807) is 41.3 Å². The van der Waals surface area contributed by atoms with E-state index in [4.69, 9.17) is 21.1 Å². The second kappa shape index (κ2) is 10.3. The highest BCUT2D eigenvalue weighted by Gasteiger charge is 2.72. The lowest BCUT2D eigenvalue weighted by atomic mass is 9.77. The zero-order chi connectivity index (χ0) is 27.1. The number of cyclic esters (lactones) is 1. The molecule has 0 aliphatic carbocycles. The standard InChI is InChI=1S/C30H29ClN2O6/c31-20-10-12-21(13-11-20)32-15-6-14-30-25(24-23(39-30)9-4-5-16-38-29(24)37)27(35)33(26(30)28(32)36)22(18-34)17-19-7-2-1-3-8-19/h1-4,6-14,22-26,34H,5,15-18H2/t22-,23-,24+,25+,26?,30+/m1/s1. The number of carbonyl (C=O) groups excluding carboxylic acids is 3. The van der Waals surface area contributed by atoms with Crippen LogP contribution in [0.4, 0.5) is 5.69 Å². The third-order valence-electron chi connectivity index (χ3n) is 8.12. The summed E-state index contributed by atoms with van der Waals surface area (Å²) in [5, 5.41) is 11.1. The third-order valence-corrected chi connectivity index (χ3v) is 8.37. The molecule has 1 spiro atoms. The van der Waals surface area contributed by atoms with E-state index in [-0.39, 0.29) is 25.7 Å². The zero-order valence-corrected chi connectivity index (χ0v) is 21.9. The molecule has 6 rings (SSSR count). The third kappa shape index (κ3) is 4.27. The fourth-order valence-electron chi connectivity index (χ4n) is 6.43. The lowest BCUT2D eigenvalue weighted by molar-refractivity contribution is -0.155. The molecule has 2 fully saturated rings. The smallest absolute Gasteiger partial charge is 0.312 e. The number of anilines is 1. The Balaban J connectivity index is 1.47. The molecule has 202 valence electrons. The first kappa shape index (κ1) is 25.8. The number of hydrogen-bond donors (Lipinski definition) is 1. The molecule has 4 aliphatic rings. The highest BCUT2D eigenvalue weighted by Crippen LogP contribution is 2.54. The Morgan fingerprint density at radius 2 is 1.79 bits per heavy atom. The van der Waals surface area contributed by atoms with E-state index in [0.717, 1.165) is 5.56 Å². The molecule has 2 saturated heterocycles. The number of esters is 1.